The van der Waals surface area contributed by atoms with Crippen molar-refractivity contribution >= 4 is 29.0 Å². The molecule has 2 N–H and O–H groups in total. The van der Waals surface area contributed by atoms with Gasteiger partial charge >= 0.3 is 6.03 Å². The fourth-order valence-corrected chi connectivity index (χ4v) is 5.17. The van der Waals surface area contributed by atoms with Crippen LogP contribution in [0.2, 0.25) is 0 Å². The molecular weight excluding hydrogens is 492 g/mol. The Morgan fingerprint density at radius 1 is 0.897 bits per heavy atom. The number of nitrogens with zero attached hydrogens (tertiary/aromatic N) is 4. The molecule has 3 aromatic carbocycles. The number of amides is 3. The molecule has 2 fully saturated rings. The zero-order valence-electron chi connectivity index (χ0n) is 22.7. The molecule has 0 aliphatic carbocycles. The Labute approximate surface area is 229 Å². The number of benzene rings is 3. The molecule has 0 bridgehead atoms. The fraction of sp³-hybridized carbons (Fsp3) is 0.333. The van der Waals surface area contributed by atoms with Gasteiger partial charge in [0.05, 0.1) is 13.8 Å². The molecule has 1 atom stereocenters. The summed E-state index contributed by atoms with van der Waals surface area (Å²) in [6.45, 7) is 7.51. The smallest absolute Gasteiger partial charge is 0.340 e. The number of methoxy groups -OCH3 is 1. The van der Waals surface area contributed by atoms with E-state index in [2.05, 4.69) is 32.7 Å². The minimum absolute atomic E-state index is 0.0365. The minimum Gasteiger partial charge on any atom is -0.497 e. The van der Waals surface area contributed by atoms with Gasteiger partial charge in [0.1, 0.15) is 11.8 Å². The van der Waals surface area contributed by atoms with E-state index < -0.39 is 6.04 Å². The first kappa shape index (κ1) is 26.5. The zero-order chi connectivity index (χ0) is 27.4. The molecule has 39 heavy (non-hydrogen) atoms. The Bertz CT molecular complexity index is 1280. The van der Waals surface area contributed by atoms with Crippen molar-refractivity contribution in [2.75, 3.05) is 55.1 Å². The number of ether oxygens (including phenoxy) is 1. The minimum atomic E-state index is -0.403. The molecule has 1 unspecified atom stereocenters. The number of hydrazine groups is 1. The molecular formula is C30H36N6O3. The van der Waals surface area contributed by atoms with Gasteiger partial charge in [-0.1, -0.05) is 36.4 Å². The predicted molar refractivity (Wildman–Crippen MR) is 154 cm³/mol. The average molecular weight is 529 g/mol. The van der Waals surface area contributed by atoms with E-state index in [1.807, 2.05) is 80.6 Å². The van der Waals surface area contributed by atoms with E-state index in [0.717, 1.165) is 43.1 Å². The highest BCUT2D eigenvalue weighted by Gasteiger charge is 2.32. The summed E-state index contributed by atoms with van der Waals surface area (Å²) in [6.07, 6.45) is 0. The van der Waals surface area contributed by atoms with Crippen molar-refractivity contribution in [3.63, 3.8) is 0 Å². The lowest BCUT2D eigenvalue weighted by atomic mass is 10.0. The molecule has 0 aromatic heterocycles. The van der Waals surface area contributed by atoms with Crippen LogP contribution in [0, 0.1) is 0 Å². The highest BCUT2D eigenvalue weighted by Crippen LogP contribution is 2.28. The Kier molecular flexibility index (Phi) is 7.99. The predicted octanol–water partition coefficient (Wildman–Crippen LogP) is 4.31. The van der Waals surface area contributed by atoms with Gasteiger partial charge in [-0.25, -0.2) is 10.2 Å². The van der Waals surface area contributed by atoms with E-state index in [0.29, 0.717) is 18.1 Å². The maximum absolute atomic E-state index is 13.6. The van der Waals surface area contributed by atoms with Crippen LogP contribution in [0.25, 0.3) is 0 Å². The number of anilines is 3. The number of hydrogen-bond donors (Lipinski definition) is 2. The topological polar surface area (TPSA) is 80.4 Å². The standard InChI is InChI=1S/C30H36N6O3/c1-22(2)36-30(38)35(21-31-36)26-14-12-25(13-15-26)33-16-18-34(19-17-33)28(23-8-5-4-6-9-23)29(37)32-24-10-7-11-27(20-24)39-3/h4-15,20,22,28,31H,16-19,21H2,1-3H3,(H,32,37). The van der Waals surface area contributed by atoms with Crippen LogP contribution in [0.4, 0.5) is 21.9 Å². The molecule has 2 heterocycles. The SMILES string of the molecule is COc1cccc(NC(=O)C(c2ccccc2)N2CCN(c3ccc(N4CNN(C(C)C)C4=O)cc3)CC2)c1. The van der Waals surface area contributed by atoms with E-state index in [-0.39, 0.29) is 18.0 Å². The van der Waals surface area contributed by atoms with Gasteiger partial charge in [0.25, 0.3) is 0 Å². The molecule has 2 aliphatic rings. The summed E-state index contributed by atoms with van der Waals surface area (Å²) in [6, 6.07) is 25.1. The van der Waals surface area contributed by atoms with Crippen LogP contribution in [-0.2, 0) is 4.79 Å². The quantitative estimate of drug-likeness (QED) is 0.454. The van der Waals surface area contributed by atoms with Gasteiger partial charge in [0, 0.05) is 55.3 Å². The van der Waals surface area contributed by atoms with Gasteiger partial charge in [-0.3, -0.25) is 19.6 Å². The van der Waals surface area contributed by atoms with Gasteiger partial charge in [0.2, 0.25) is 5.91 Å². The number of carbonyl (C=O) groups excluding carboxylic acids is 2. The third kappa shape index (κ3) is 5.84. The van der Waals surface area contributed by atoms with E-state index in [1.165, 1.54) is 0 Å². The summed E-state index contributed by atoms with van der Waals surface area (Å²) < 4.78 is 5.32. The Morgan fingerprint density at radius 3 is 2.23 bits per heavy atom. The number of piperazine rings is 1. The van der Waals surface area contributed by atoms with Crippen molar-refractivity contribution in [3.8, 4) is 5.75 Å². The highest BCUT2D eigenvalue weighted by atomic mass is 16.5. The molecule has 5 rings (SSSR count). The summed E-state index contributed by atoms with van der Waals surface area (Å²) in [7, 11) is 1.62. The van der Waals surface area contributed by atoms with Gasteiger partial charge in [-0.05, 0) is 55.8 Å². The average Bonchev–Trinajstić information content (AvgIpc) is 3.36. The molecule has 2 saturated heterocycles. The first-order chi connectivity index (χ1) is 18.9. The monoisotopic (exact) mass is 528 g/mol. The summed E-state index contributed by atoms with van der Waals surface area (Å²) in [5.41, 5.74) is 6.80. The first-order valence-electron chi connectivity index (χ1n) is 13.4. The third-order valence-electron chi connectivity index (χ3n) is 7.26. The summed E-state index contributed by atoms with van der Waals surface area (Å²) in [5.74, 6) is 0.637. The van der Waals surface area contributed by atoms with Crippen molar-refractivity contribution in [1.82, 2.24) is 15.3 Å². The Morgan fingerprint density at radius 2 is 1.59 bits per heavy atom. The Balaban J connectivity index is 1.25. The van der Waals surface area contributed by atoms with Crippen LogP contribution in [0.15, 0.2) is 78.9 Å². The first-order valence-corrected chi connectivity index (χ1v) is 13.4. The maximum atomic E-state index is 13.6. The van der Waals surface area contributed by atoms with E-state index in [9.17, 15) is 9.59 Å². The largest absolute Gasteiger partial charge is 0.497 e. The van der Waals surface area contributed by atoms with Gasteiger partial charge in [-0.15, -0.1) is 0 Å². The van der Waals surface area contributed by atoms with E-state index >= 15 is 0 Å². The van der Waals surface area contributed by atoms with Crippen LogP contribution < -0.4 is 25.3 Å². The molecule has 3 amide bonds. The number of nitrogens with one attached hydrogen (secondary N) is 2. The maximum Gasteiger partial charge on any atom is 0.340 e. The zero-order valence-corrected chi connectivity index (χ0v) is 22.7. The molecule has 9 nitrogen and oxygen atoms in total. The number of hydrogen-bond acceptors (Lipinski definition) is 6. The molecule has 0 radical (unpaired) electrons. The molecule has 0 saturated carbocycles. The van der Waals surface area contributed by atoms with Gasteiger partial charge in [-0.2, -0.15) is 0 Å². The normalized spacial score (nSPS) is 17.0. The van der Waals surface area contributed by atoms with Crippen LogP contribution in [0.5, 0.6) is 5.75 Å². The van der Waals surface area contributed by atoms with Gasteiger partial charge in [0.15, 0.2) is 0 Å². The van der Waals surface area contributed by atoms with Gasteiger partial charge < -0.3 is 15.0 Å². The summed E-state index contributed by atoms with van der Waals surface area (Å²) in [4.78, 5) is 32.6. The third-order valence-corrected chi connectivity index (χ3v) is 7.26. The second kappa shape index (κ2) is 11.8. The van der Waals surface area contributed by atoms with Crippen LogP contribution >= 0.6 is 0 Å². The lowest BCUT2D eigenvalue weighted by Crippen LogP contribution is -2.50. The summed E-state index contributed by atoms with van der Waals surface area (Å²) >= 11 is 0. The highest BCUT2D eigenvalue weighted by molar-refractivity contribution is 5.96. The van der Waals surface area contributed by atoms with Crippen LogP contribution in [0.1, 0.15) is 25.5 Å². The van der Waals surface area contributed by atoms with Crippen molar-refractivity contribution in [3.05, 3.63) is 84.4 Å². The van der Waals surface area contributed by atoms with Crippen molar-refractivity contribution in [2.24, 2.45) is 0 Å². The van der Waals surface area contributed by atoms with Crippen LogP contribution in [-0.4, -0.2) is 67.8 Å². The second-order valence-electron chi connectivity index (χ2n) is 10.1. The van der Waals surface area contributed by atoms with Crippen LogP contribution in [0.3, 0.4) is 0 Å². The Hall–Kier alpha value is -4.08. The number of carbonyl (C=O) groups is 2. The molecule has 3 aromatic rings. The van der Waals surface area contributed by atoms with E-state index in [1.54, 1.807) is 17.0 Å². The van der Waals surface area contributed by atoms with Crippen molar-refractivity contribution in [2.45, 2.75) is 25.9 Å². The molecule has 9 heteroatoms. The molecule has 0 spiro atoms. The van der Waals surface area contributed by atoms with E-state index in [4.69, 9.17) is 4.74 Å². The fourth-order valence-electron chi connectivity index (χ4n) is 5.17. The number of urea groups is 1. The lowest BCUT2D eigenvalue weighted by molar-refractivity contribution is -0.121. The van der Waals surface area contributed by atoms with Crippen molar-refractivity contribution < 1.29 is 14.3 Å². The number of rotatable bonds is 8. The molecule has 2 aliphatic heterocycles. The summed E-state index contributed by atoms with van der Waals surface area (Å²) in [5, 5.41) is 4.74. The second-order valence-corrected chi connectivity index (χ2v) is 10.1. The molecule has 204 valence electrons. The lowest BCUT2D eigenvalue weighted by Gasteiger charge is -2.39. The van der Waals surface area contributed by atoms with Crippen molar-refractivity contribution in [1.29, 1.82) is 0 Å².